The zero-order valence-electron chi connectivity index (χ0n) is 23.8. The van der Waals surface area contributed by atoms with Crippen molar-refractivity contribution in [2.24, 2.45) is 28.1 Å². The number of rotatable bonds is 9. The van der Waals surface area contributed by atoms with Crippen LogP contribution in [0.3, 0.4) is 0 Å². The number of piperidine rings is 1. The van der Waals surface area contributed by atoms with E-state index in [9.17, 15) is 19.5 Å². The predicted octanol–water partition coefficient (Wildman–Crippen LogP) is 5.85. The summed E-state index contributed by atoms with van der Waals surface area (Å²) in [6.45, 7) is 11.4. The summed E-state index contributed by atoms with van der Waals surface area (Å²) >= 11 is 0. The minimum absolute atomic E-state index is 0.0336. The fourth-order valence-corrected chi connectivity index (χ4v) is 5.93. The van der Waals surface area contributed by atoms with E-state index < -0.39 is 40.5 Å². The highest BCUT2D eigenvalue weighted by Crippen LogP contribution is 2.43. The van der Waals surface area contributed by atoms with E-state index in [-0.39, 0.29) is 12.3 Å². The smallest absolute Gasteiger partial charge is 0.408 e. The average molecular weight is 524 g/mol. The number of amides is 1. The van der Waals surface area contributed by atoms with Gasteiger partial charge in [-0.1, -0.05) is 70.9 Å². The standard InChI is InChI=1S/C28H49N3O6/c1-26(2,3)28(17-10-11-18-31(28)25(34)35)24(29)30-37-23(33)21(19-22(32)36-27(4,5)6)16-12-15-20-13-8-7-9-14-20/h20-21H,7-19H2,1-6H3,(H2,29,30)(H,34,35)/t21-,28-/m1/s1. The molecule has 212 valence electrons. The van der Waals surface area contributed by atoms with Crippen LogP contribution >= 0.6 is 0 Å². The molecule has 0 spiro atoms. The molecule has 1 aliphatic heterocycles. The largest absolute Gasteiger partial charge is 0.465 e. The fraction of sp³-hybridized carbons (Fsp3) is 0.857. The Kier molecular flexibility index (Phi) is 10.8. The summed E-state index contributed by atoms with van der Waals surface area (Å²) in [6, 6.07) is 0. The molecule has 9 nitrogen and oxygen atoms in total. The molecule has 3 N–H and O–H groups in total. The number of oxime groups is 1. The van der Waals surface area contributed by atoms with Crippen LogP contribution in [-0.2, 0) is 19.2 Å². The van der Waals surface area contributed by atoms with Gasteiger partial charge in [0.2, 0.25) is 0 Å². The van der Waals surface area contributed by atoms with E-state index in [0.717, 1.165) is 25.7 Å². The molecule has 0 unspecified atom stereocenters. The van der Waals surface area contributed by atoms with Crippen molar-refractivity contribution < 1.29 is 29.1 Å². The quantitative estimate of drug-likeness (QED) is 0.127. The molecule has 2 aliphatic rings. The second-order valence-electron chi connectivity index (χ2n) is 12.8. The number of ether oxygens (including phenoxy) is 1. The summed E-state index contributed by atoms with van der Waals surface area (Å²) in [6.07, 6.45) is 9.39. The van der Waals surface area contributed by atoms with Gasteiger partial charge >= 0.3 is 18.0 Å². The van der Waals surface area contributed by atoms with Crippen molar-refractivity contribution in [1.29, 1.82) is 0 Å². The molecule has 2 atom stereocenters. The van der Waals surface area contributed by atoms with E-state index in [2.05, 4.69) is 5.16 Å². The van der Waals surface area contributed by atoms with E-state index in [1.54, 1.807) is 20.8 Å². The molecule has 0 aromatic heterocycles. The summed E-state index contributed by atoms with van der Waals surface area (Å²) in [5, 5.41) is 13.9. The molecule has 1 amide bonds. The first-order valence-corrected chi connectivity index (χ1v) is 13.9. The van der Waals surface area contributed by atoms with E-state index in [4.69, 9.17) is 15.3 Å². The monoisotopic (exact) mass is 523 g/mol. The molecule has 1 saturated heterocycles. The summed E-state index contributed by atoms with van der Waals surface area (Å²) in [5.74, 6) is -1.17. The number of carboxylic acid groups (broad SMARTS) is 1. The second-order valence-corrected chi connectivity index (χ2v) is 12.8. The molecular formula is C28H49N3O6. The minimum Gasteiger partial charge on any atom is -0.465 e. The van der Waals surface area contributed by atoms with Crippen LogP contribution in [0.2, 0.25) is 0 Å². The SMILES string of the molecule is CC(C)(C)OC(=O)C[C@@H](CCCC1CCCCC1)C(=O)ON=C(N)[C@@]1(C(C)(C)C)CCCCN1C(=O)O. The van der Waals surface area contributed by atoms with E-state index in [0.29, 0.717) is 25.3 Å². The van der Waals surface area contributed by atoms with Crippen LogP contribution in [0.4, 0.5) is 4.79 Å². The van der Waals surface area contributed by atoms with E-state index in [1.165, 1.54) is 37.0 Å². The van der Waals surface area contributed by atoms with Crippen LogP contribution in [0.5, 0.6) is 0 Å². The number of carbonyl (C=O) groups excluding carboxylic acids is 2. The lowest BCUT2D eigenvalue weighted by atomic mass is 9.67. The third-order valence-electron chi connectivity index (χ3n) is 7.82. The molecule has 0 radical (unpaired) electrons. The van der Waals surface area contributed by atoms with Gasteiger partial charge in [-0.05, 0) is 57.8 Å². The van der Waals surface area contributed by atoms with Crippen molar-refractivity contribution in [3.8, 4) is 0 Å². The first kappa shape index (κ1) is 30.9. The molecule has 2 rings (SSSR count). The molecule has 1 saturated carbocycles. The number of hydrogen-bond acceptors (Lipinski definition) is 6. The zero-order chi connectivity index (χ0) is 27.9. The summed E-state index contributed by atoms with van der Waals surface area (Å²) in [7, 11) is 0. The Bertz CT molecular complexity index is 823. The minimum atomic E-state index is -1.10. The first-order chi connectivity index (χ1) is 17.2. The maximum atomic E-state index is 13.2. The predicted molar refractivity (Wildman–Crippen MR) is 143 cm³/mol. The Labute approximate surface area is 222 Å². The van der Waals surface area contributed by atoms with Crippen molar-refractivity contribution in [3.63, 3.8) is 0 Å². The first-order valence-electron chi connectivity index (χ1n) is 13.9. The Morgan fingerprint density at radius 2 is 1.70 bits per heavy atom. The molecular weight excluding hydrogens is 474 g/mol. The number of hydrogen-bond donors (Lipinski definition) is 2. The molecule has 37 heavy (non-hydrogen) atoms. The highest BCUT2D eigenvalue weighted by molar-refractivity contribution is 5.94. The van der Waals surface area contributed by atoms with E-state index >= 15 is 0 Å². The van der Waals surface area contributed by atoms with Gasteiger partial charge in [-0.15, -0.1) is 0 Å². The number of nitrogens with two attached hydrogens (primary N) is 1. The van der Waals surface area contributed by atoms with Gasteiger partial charge in [-0.25, -0.2) is 9.59 Å². The Balaban J connectivity index is 2.18. The van der Waals surface area contributed by atoms with Gasteiger partial charge in [0.25, 0.3) is 0 Å². The van der Waals surface area contributed by atoms with Gasteiger partial charge in [0.15, 0.2) is 5.84 Å². The van der Waals surface area contributed by atoms with Gasteiger partial charge in [0.05, 0.1) is 12.3 Å². The van der Waals surface area contributed by atoms with Gasteiger partial charge in [0, 0.05) is 6.54 Å². The van der Waals surface area contributed by atoms with Crippen LogP contribution in [0, 0.1) is 17.3 Å². The van der Waals surface area contributed by atoms with Crippen molar-refractivity contribution in [2.75, 3.05) is 6.54 Å². The van der Waals surface area contributed by atoms with Crippen molar-refractivity contribution in [1.82, 2.24) is 4.90 Å². The second kappa shape index (κ2) is 13.0. The number of nitrogens with zero attached hydrogens (tertiary/aromatic N) is 2. The third kappa shape index (κ3) is 8.60. The maximum absolute atomic E-state index is 13.2. The molecule has 1 aliphatic carbocycles. The highest BCUT2D eigenvalue weighted by Gasteiger charge is 2.54. The molecule has 9 heteroatoms. The Morgan fingerprint density at radius 3 is 2.27 bits per heavy atom. The number of amidine groups is 1. The summed E-state index contributed by atoms with van der Waals surface area (Å²) in [5.41, 5.74) is 4.07. The van der Waals surface area contributed by atoms with Crippen LogP contribution in [-0.4, -0.2) is 51.6 Å². The third-order valence-corrected chi connectivity index (χ3v) is 7.82. The topological polar surface area (TPSA) is 132 Å². The summed E-state index contributed by atoms with van der Waals surface area (Å²) < 4.78 is 5.46. The molecule has 0 aromatic carbocycles. The summed E-state index contributed by atoms with van der Waals surface area (Å²) in [4.78, 5) is 44.5. The zero-order valence-corrected chi connectivity index (χ0v) is 23.8. The van der Waals surface area contributed by atoms with Crippen LogP contribution < -0.4 is 5.73 Å². The molecule has 0 bridgehead atoms. The Morgan fingerprint density at radius 1 is 1.05 bits per heavy atom. The van der Waals surface area contributed by atoms with Gasteiger partial charge < -0.3 is 20.4 Å². The van der Waals surface area contributed by atoms with Crippen molar-refractivity contribution >= 4 is 23.9 Å². The maximum Gasteiger partial charge on any atom is 0.408 e. The van der Waals surface area contributed by atoms with Gasteiger partial charge in [-0.2, -0.15) is 0 Å². The van der Waals surface area contributed by atoms with Crippen LogP contribution in [0.25, 0.3) is 0 Å². The van der Waals surface area contributed by atoms with Crippen LogP contribution in [0.15, 0.2) is 5.16 Å². The number of likely N-dealkylation sites (tertiary alicyclic amines) is 1. The molecule has 1 heterocycles. The van der Waals surface area contributed by atoms with Gasteiger partial charge in [0.1, 0.15) is 11.1 Å². The average Bonchev–Trinajstić information content (AvgIpc) is 2.80. The Hall–Kier alpha value is -2.32. The lowest BCUT2D eigenvalue weighted by molar-refractivity contribution is -0.162. The highest BCUT2D eigenvalue weighted by atomic mass is 16.7. The molecule has 0 aromatic rings. The van der Waals surface area contributed by atoms with Crippen molar-refractivity contribution in [3.05, 3.63) is 0 Å². The lowest BCUT2D eigenvalue weighted by Crippen LogP contribution is -2.67. The fourth-order valence-electron chi connectivity index (χ4n) is 5.93. The van der Waals surface area contributed by atoms with E-state index in [1.807, 2.05) is 20.8 Å². The molecule has 2 fully saturated rings. The van der Waals surface area contributed by atoms with Crippen molar-refractivity contribution in [2.45, 2.75) is 130 Å². The van der Waals surface area contributed by atoms with Gasteiger partial charge in [-0.3, -0.25) is 9.69 Å². The lowest BCUT2D eigenvalue weighted by Gasteiger charge is -2.52. The number of esters is 1. The number of carbonyl (C=O) groups is 3. The van der Waals surface area contributed by atoms with Crippen LogP contribution in [0.1, 0.15) is 119 Å². The normalized spacial score (nSPS) is 22.9.